The highest BCUT2D eigenvalue weighted by Gasteiger charge is 2.26. The quantitative estimate of drug-likeness (QED) is 0.603. The van der Waals surface area contributed by atoms with Crippen molar-refractivity contribution in [1.29, 1.82) is 0 Å². The molecular weight excluding hydrogens is 411 g/mol. The van der Waals surface area contributed by atoms with Crippen molar-refractivity contribution >= 4 is 17.6 Å². The number of benzene rings is 2. The molecule has 1 aliphatic rings. The highest BCUT2D eigenvalue weighted by atomic mass is 19.1. The Bertz CT molecular complexity index is 899. The van der Waals surface area contributed by atoms with Gasteiger partial charge in [-0.2, -0.15) is 0 Å². The summed E-state index contributed by atoms with van der Waals surface area (Å²) in [6, 6.07) is 14.7. The SMILES string of the molecule is CC(C)(C)OC(=O)NCc1ccc(N2CCC(C(=O)c3ccc(OCF)cc3)CC2)cc1. The zero-order chi connectivity index (χ0) is 23.1. The number of Topliss-reactive ketones (excluding diaryl/α,β-unsaturated/α-hetero) is 1. The van der Waals surface area contributed by atoms with E-state index >= 15 is 0 Å². The standard InChI is InChI=1S/C25H31FN2O4/c1-25(2,3)32-24(30)27-16-18-4-8-21(9-5-18)28-14-12-20(13-15-28)23(29)19-6-10-22(11-7-19)31-17-26/h4-11,20H,12-17H2,1-3H3,(H,27,30). The van der Waals surface area contributed by atoms with Crippen LogP contribution in [0.5, 0.6) is 5.75 Å². The lowest BCUT2D eigenvalue weighted by molar-refractivity contribution is 0.0523. The number of carbonyl (C=O) groups is 2. The summed E-state index contributed by atoms with van der Waals surface area (Å²) in [5, 5.41) is 2.76. The average molecular weight is 443 g/mol. The summed E-state index contributed by atoms with van der Waals surface area (Å²) in [6.45, 7) is 6.62. The Morgan fingerprint density at radius 1 is 1.03 bits per heavy atom. The van der Waals surface area contributed by atoms with E-state index in [4.69, 9.17) is 9.47 Å². The van der Waals surface area contributed by atoms with Crippen LogP contribution in [0.2, 0.25) is 0 Å². The molecule has 1 heterocycles. The summed E-state index contributed by atoms with van der Waals surface area (Å²) < 4.78 is 22.3. The Balaban J connectivity index is 1.48. The predicted molar refractivity (Wildman–Crippen MR) is 122 cm³/mol. The second-order valence-corrected chi connectivity index (χ2v) is 8.93. The van der Waals surface area contributed by atoms with Gasteiger partial charge in [0.05, 0.1) is 0 Å². The minimum Gasteiger partial charge on any atom is -0.463 e. The van der Waals surface area contributed by atoms with Crippen LogP contribution in [0.15, 0.2) is 48.5 Å². The zero-order valence-corrected chi connectivity index (χ0v) is 18.9. The number of nitrogens with one attached hydrogen (secondary N) is 1. The summed E-state index contributed by atoms with van der Waals surface area (Å²) in [6.07, 6.45) is 1.13. The third-order valence-corrected chi connectivity index (χ3v) is 5.36. The minimum atomic E-state index is -0.882. The van der Waals surface area contributed by atoms with Crippen molar-refractivity contribution in [1.82, 2.24) is 5.32 Å². The van der Waals surface area contributed by atoms with Crippen molar-refractivity contribution in [3.8, 4) is 5.75 Å². The van der Waals surface area contributed by atoms with Crippen molar-refractivity contribution in [3.63, 3.8) is 0 Å². The fourth-order valence-corrected chi connectivity index (χ4v) is 3.73. The van der Waals surface area contributed by atoms with E-state index in [9.17, 15) is 14.0 Å². The highest BCUT2D eigenvalue weighted by Crippen LogP contribution is 2.27. The monoisotopic (exact) mass is 442 g/mol. The third-order valence-electron chi connectivity index (χ3n) is 5.36. The summed E-state index contributed by atoms with van der Waals surface area (Å²) in [7, 11) is 0. The first kappa shape index (κ1) is 23.6. The molecule has 0 radical (unpaired) electrons. The van der Waals surface area contributed by atoms with E-state index in [0.29, 0.717) is 17.9 Å². The van der Waals surface area contributed by atoms with Crippen LogP contribution in [-0.4, -0.2) is 37.4 Å². The first-order chi connectivity index (χ1) is 15.2. The lowest BCUT2D eigenvalue weighted by atomic mass is 9.88. The van der Waals surface area contributed by atoms with Crippen LogP contribution in [0.3, 0.4) is 0 Å². The van der Waals surface area contributed by atoms with Gasteiger partial charge in [0, 0.05) is 36.8 Å². The molecule has 2 aromatic carbocycles. The summed E-state index contributed by atoms with van der Waals surface area (Å²) in [5.41, 5.74) is 2.21. The Morgan fingerprint density at radius 2 is 1.66 bits per heavy atom. The van der Waals surface area contributed by atoms with Crippen molar-refractivity contribution in [2.75, 3.05) is 24.9 Å². The number of anilines is 1. The molecule has 1 amide bonds. The number of ketones is 1. The van der Waals surface area contributed by atoms with E-state index in [1.165, 1.54) is 0 Å². The van der Waals surface area contributed by atoms with Crippen molar-refractivity contribution < 1.29 is 23.5 Å². The summed E-state index contributed by atoms with van der Waals surface area (Å²) in [5.74, 6) is 0.528. The van der Waals surface area contributed by atoms with E-state index in [0.717, 1.165) is 37.2 Å². The van der Waals surface area contributed by atoms with Gasteiger partial charge < -0.3 is 19.7 Å². The lowest BCUT2D eigenvalue weighted by Crippen LogP contribution is -2.36. The maximum atomic E-state index is 12.8. The van der Waals surface area contributed by atoms with Crippen LogP contribution in [0.4, 0.5) is 14.9 Å². The number of ether oxygens (including phenoxy) is 2. The van der Waals surface area contributed by atoms with Crippen LogP contribution < -0.4 is 15.0 Å². The van der Waals surface area contributed by atoms with Gasteiger partial charge >= 0.3 is 6.09 Å². The molecule has 2 aromatic rings. The van der Waals surface area contributed by atoms with E-state index in [1.807, 2.05) is 45.0 Å². The second kappa shape index (κ2) is 10.5. The molecule has 0 aromatic heterocycles. The number of hydrogen-bond acceptors (Lipinski definition) is 5. The third kappa shape index (κ3) is 6.70. The molecule has 0 saturated carbocycles. The molecule has 7 heteroatoms. The van der Waals surface area contributed by atoms with Gasteiger partial charge in [0.25, 0.3) is 0 Å². The number of halogens is 1. The topological polar surface area (TPSA) is 67.9 Å². The lowest BCUT2D eigenvalue weighted by Gasteiger charge is -2.33. The van der Waals surface area contributed by atoms with E-state index in [1.54, 1.807) is 24.3 Å². The van der Waals surface area contributed by atoms with Gasteiger partial charge in [-0.3, -0.25) is 4.79 Å². The van der Waals surface area contributed by atoms with Crippen LogP contribution in [0, 0.1) is 5.92 Å². The molecule has 0 unspecified atom stereocenters. The van der Waals surface area contributed by atoms with Gasteiger partial charge in [-0.25, -0.2) is 9.18 Å². The Labute approximate surface area is 188 Å². The Hall–Kier alpha value is -3.09. The number of nitrogens with zero attached hydrogens (tertiary/aromatic N) is 1. The molecule has 1 aliphatic heterocycles. The molecule has 3 rings (SSSR count). The van der Waals surface area contributed by atoms with Crippen molar-refractivity contribution in [3.05, 3.63) is 59.7 Å². The fourth-order valence-electron chi connectivity index (χ4n) is 3.73. The Morgan fingerprint density at radius 3 is 2.22 bits per heavy atom. The van der Waals surface area contributed by atoms with Crippen molar-refractivity contribution in [2.24, 2.45) is 5.92 Å². The van der Waals surface area contributed by atoms with Gasteiger partial charge in [0.1, 0.15) is 11.4 Å². The largest absolute Gasteiger partial charge is 0.463 e. The fraction of sp³-hybridized carbons (Fsp3) is 0.440. The summed E-state index contributed by atoms with van der Waals surface area (Å²) in [4.78, 5) is 26.9. The van der Waals surface area contributed by atoms with Crippen LogP contribution in [0.25, 0.3) is 0 Å². The molecule has 0 atom stereocenters. The molecule has 0 bridgehead atoms. The minimum absolute atomic E-state index is 0.0171. The van der Waals surface area contributed by atoms with E-state index in [2.05, 4.69) is 10.2 Å². The number of alkyl halides is 1. The van der Waals surface area contributed by atoms with E-state index in [-0.39, 0.29) is 11.7 Å². The van der Waals surface area contributed by atoms with Gasteiger partial charge in [-0.15, -0.1) is 0 Å². The van der Waals surface area contributed by atoms with Crippen LogP contribution in [0.1, 0.15) is 49.5 Å². The maximum Gasteiger partial charge on any atom is 0.407 e. The molecule has 1 saturated heterocycles. The van der Waals surface area contributed by atoms with Gasteiger partial charge in [-0.1, -0.05) is 12.1 Å². The smallest absolute Gasteiger partial charge is 0.407 e. The predicted octanol–water partition coefficient (Wildman–Crippen LogP) is 5.12. The van der Waals surface area contributed by atoms with Crippen LogP contribution >= 0.6 is 0 Å². The number of amides is 1. The number of piperidine rings is 1. The zero-order valence-electron chi connectivity index (χ0n) is 18.9. The molecule has 32 heavy (non-hydrogen) atoms. The molecular formula is C25H31FN2O4. The molecule has 1 N–H and O–H groups in total. The Kier molecular flexibility index (Phi) is 7.72. The summed E-state index contributed by atoms with van der Waals surface area (Å²) >= 11 is 0. The number of carbonyl (C=O) groups excluding carboxylic acids is 2. The second-order valence-electron chi connectivity index (χ2n) is 8.93. The molecule has 0 spiro atoms. The molecule has 0 aliphatic carbocycles. The van der Waals surface area contributed by atoms with E-state index < -0.39 is 18.6 Å². The number of rotatable bonds is 7. The molecule has 172 valence electrons. The average Bonchev–Trinajstić information content (AvgIpc) is 2.77. The number of hydrogen-bond donors (Lipinski definition) is 1. The van der Waals surface area contributed by atoms with Crippen LogP contribution in [-0.2, 0) is 11.3 Å². The number of alkyl carbamates (subject to hydrolysis) is 1. The first-order valence-corrected chi connectivity index (χ1v) is 10.9. The normalized spacial score (nSPS) is 14.7. The molecule has 6 nitrogen and oxygen atoms in total. The van der Waals surface area contributed by atoms with Crippen molar-refractivity contribution in [2.45, 2.75) is 45.8 Å². The van der Waals surface area contributed by atoms with Gasteiger partial charge in [-0.05, 0) is 75.6 Å². The molecule has 1 fully saturated rings. The van der Waals surface area contributed by atoms with Gasteiger partial charge in [0.15, 0.2) is 5.78 Å². The maximum absolute atomic E-state index is 12.8. The highest BCUT2D eigenvalue weighted by molar-refractivity contribution is 5.98. The first-order valence-electron chi connectivity index (χ1n) is 10.9. The van der Waals surface area contributed by atoms with Gasteiger partial charge in [0.2, 0.25) is 6.86 Å².